The van der Waals surface area contributed by atoms with Gasteiger partial charge in [0.25, 0.3) is 0 Å². The second-order valence-electron chi connectivity index (χ2n) is 10.6. The molecule has 7 heteroatoms. The van der Waals surface area contributed by atoms with Gasteiger partial charge in [0, 0.05) is 30.0 Å². The Labute approximate surface area is 202 Å². The van der Waals surface area contributed by atoms with Crippen LogP contribution in [0, 0.1) is 5.92 Å². The Hall–Kier alpha value is -2.80. The van der Waals surface area contributed by atoms with E-state index in [0.717, 1.165) is 37.8 Å². The summed E-state index contributed by atoms with van der Waals surface area (Å²) in [6.07, 6.45) is 11.3. The number of benzene rings is 1. The number of amides is 2. The zero-order chi connectivity index (χ0) is 23.8. The molecule has 2 heterocycles. The van der Waals surface area contributed by atoms with Crippen molar-refractivity contribution < 1.29 is 4.79 Å². The minimum absolute atomic E-state index is 0.000946. The predicted molar refractivity (Wildman–Crippen MR) is 135 cm³/mol. The van der Waals surface area contributed by atoms with E-state index in [-0.39, 0.29) is 17.1 Å². The second-order valence-corrected chi connectivity index (χ2v) is 10.6. The van der Waals surface area contributed by atoms with Gasteiger partial charge in [0.1, 0.15) is 0 Å². The molecule has 2 aromatic rings. The molecule has 2 amide bonds. The number of aromatic nitrogens is 2. The lowest BCUT2D eigenvalue weighted by Crippen LogP contribution is -2.56. The zero-order valence-corrected chi connectivity index (χ0v) is 20.5. The first-order valence-corrected chi connectivity index (χ1v) is 12.5. The van der Waals surface area contributed by atoms with E-state index in [9.17, 15) is 4.79 Å². The molecule has 0 N–H and O–H groups in total. The normalized spacial score (nSPS) is 27.4. The number of urea groups is 1. The molecular weight excluding hydrogens is 424 g/mol. The van der Waals surface area contributed by atoms with Gasteiger partial charge in [-0.05, 0) is 70.8 Å². The summed E-state index contributed by atoms with van der Waals surface area (Å²) in [5.41, 5.74) is 2.12. The molecular formula is C27H36N6O. The molecule has 180 valence electrons. The van der Waals surface area contributed by atoms with E-state index >= 15 is 0 Å². The standard InChI is InChI=1S/C27H36N6O/c1-28-16-22-17-29-24(30-18-22)32-20-26(33(25(32)34)19-21-8-7-9-21)12-14-27(15-13-26,31(2)3)23-10-5-4-6-11-23/h4-6,10-11,17-18,21H,1,7-9,12-16,19-20H2,2-3H3/t26-,27+. The van der Waals surface area contributed by atoms with Gasteiger partial charge in [-0.15, -0.1) is 0 Å². The SMILES string of the molecule is C=NCc1cnc(N2C[C@]3(CC[C@](c4ccccc4)(N(C)C)CC3)N(CC3CCC3)C2=O)nc1. The van der Waals surface area contributed by atoms with Gasteiger partial charge in [-0.1, -0.05) is 36.8 Å². The number of anilines is 1. The zero-order valence-electron chi connectivity index (χ0n) is 20.5. The molecule has 1 saturated heterocycles. The van der Waals surface area contributed by atoms with Gasteiger partial charge >= 0.3 is 6.03 Å². The van der Waals surface area contributed by atoms with Crippen molar-refractivity contribution in [1.82, 2.24) is 19.8 Å². The molecule has 1 spiro atoms. The Kier molecular flexibility index (Phi) is 6.15. The smallest absolute Gasteiger partial charge is 0.317 e. The molecule has 0 radical (unpaired) electrons. The predicted octanol–water partition coefficient (Wildman–Crippen LogP) is 4.49. The van der Waals surface area contributed by atoms with Crippen molar-refractivity contribution in [3.8, 4) is 0 Å². The molecule has 1 aromatic heterocycles. The largest absolute Gasteiger partial charge is 0.327 e. The summed E-state index contributed by atoms with van der Waals surface area (Å²) in [6.45, 7) is 5.54. The van der Waals surface area contributed by atoms with Crippen LogP contribution in [0.25, 0.3) is 0 Å². The number of nitrogens with zero attached hydrogens (tertiary/aromatic N) is 6. The van der Waals surface area contributed by atoms with E-state index in [4.69, 9.17) is 0 Å². The fourth-order valence-corrected chi connectivity index (χ4v) is 6.16. The molecule has 0 unspecified atom stereocenters. The molecule has 0 atom stereocenters. The third kappa shape index (κ3) is 3.90. The maximum Gasteiger partial charge on any atom is 0.327 e. The third-order valence-electron chi connectivity index (χ3n) is 8.55. The van der Waals surface area contributed by atoms with E-state index in [1.165, 1.54) is 24.8 Å². The van der Waals surface area contributed by atoms with E-state index in [1.807, 2.05) is 4.90 Å². The Morgan fingerprint density at radius 3 is 2.32 bits per heavy atom. The first kappa shape index (κ1) is 23.0. The summed E-state index contributed by atoms with van der Waals surface area (Å²) in [4.78, 5) is 33.1. The highest BCUT2D eigenvalue weighted by atomic mass is 16.2. The van der Waals surface area contributed by atoms with Crippen molar-refractivity contribution in [2.45, 2.75) is 62.6 Å². The van der Waals surface area contributed by atoms with Crippen LogP contribution in [-0.4, -0.2) is 65.2 Å². The summed E-state index contributed by atoms with van der Waals surface area (Å²) < 4.78 is 0. The van der Waals surface area contributed by atoms with Crippen LogP contribution < -0.4 is 4.90 Å². The van der Waals surface area contributed by atoms with E-state index in [2.05, 4.69) is 75.9 Å². The number of rotatable bonds is 7. The number of hydrogen-bond acceptors (Lipinski definition) is 5. The number of carbonyl (C=O) groups excluding carboxylic acids is 1. The summed E-state index contributed by atoms with van der Waals surface area (Å²) in [5.74, 6) is 1.12. The van der Waals surface area contributed by atoms with Crippen LogP contribution in [0.5, 0.6) is 0 Å². The number of aliphatic imine (C=N–C) groups is 1. The van der Waals surface area contributed by atoms with Crippen molar-refractivity contribution in [1.29, 1.82) is 0 Å². The highest BCUT2D eigenvalue weighted by Gasteiger charge is 2.55. The van der Waals surface area contributed by atoms with Gasteiger partial charge < -0.3 is 4.90 Å². The highest BCUT2D eigenvalue weighted by molar-refractivity contribution is 5.93. The third-order valence-corrected chi connectivity index (χ3v) is 8.55. The van der Waals surface area contributed by atoms with Crippen LogP contribution in [0.3, 0.4) is 0 Å². The Balaban J connectivity index is 1.43. The Morgan fingerprint density at radius 1 is 1.09 bits per heavy atom. The van der Waals surface area contributed by atoms with Gasteiger partial charge in [-0.2, -0.15) is 0 Å². The van der Waals surface area contributed by atoms with Gasteiger partial charge in [0.05, 0.1) is 18.6 Å². The molecule has 3 aliphatic rings. The van der Waals surface area contributed by atoms with E-state index in [1.54, 1.807) is 12.4 Å². The average Bonchev–Trinajstić information content (AvgIpc) is 3.09. The van der Waals surface area contributed by atoms with Gasteiger partial charge in [-0.3, -0.25) is 14.8 Å². The fourth-order valence-electron chi connectivity index (χ4n) is 6.16. The van der Waals surface area contributed by atoms with Gasteiger partial charge in [0.2, 0.25) is 5.95 Å². The molecule has 3 fully saturated rings. The van der Waals surface area contributed by atoms with E-state index < -0.39 is 0 Å². The molecule has 2 saturated carbocycles. The lowest BCUT2D eigenvalue weighted by atomic mass is 9.68. The minimum Gasteiger partial charge on any atom is -0.317 e. The van der Waals surface area contributed by atoms with Gasteiger partial charge in [-0.25, -0.2) is 14.8 Å². The van der Waals surface area contributed by atoms with Crippen LogP contribution in [0.2, 0.25) is 0 Å². The molecule has 2 aliphatic carbocycles. The topological polar surface area (TPSA) is 64.9 Å². The first-order chi connectivity index (χ1) is 16.5. The molecule has 1 aliphatic heterocycles. The number of hydrogen-bond donors (Lipinski definition) is 0. The lowest BCUT2D eigenvalue weighted by Gasteiger charge is -2.51. The number of carbonyl (C=O) groups is 1. The van der Waals surface area contributed by atoms with Gasteiger partial charge in [0.15, 0.2) is 0 Å². The van der Waals surface area contributed by atoms with Crippen LogP contribution in [0.4, 0.5) is 10.7 Å². The first-order valence-electron chi connectivity index (χ1n) is 12.5. The quantitative estimate of drug-likeness (QED) is 0.571. The van der Waals surface area contributed by atoms with Crippen LogP contribution >= 0.6 is 0 Å². The van der Waals surface area contributed by atoms with Crippen LogP contribution in [0.1, 0.15) is 56.1 Å². The van der Waals surface area contributed by atoms with Crippen LogP contribution in [0.15, 0.2) is 47.7 Å². The van der Waals surface area contributed by atoms with Crippen molar-refractivity contribution in [3.63, 3.8) is 0 Å². The average molecular weight is 461 g/mol. The van der Waals surface area contributed by atoms with Crippen molar-refractivity contribution >= 4 is 18.7 Å². The molecule has 5 rings (SSSR count). The lowest BCUT2D eigenvalue weighted by molar-refractivity contribution is 0.0172. The minimum atomic E-state index is -0.161. The summed E-state index contributed by atoms with van der Waals surface area (Å²) in [6, 6.07) is 10.9. The van der Waals surface area contributed by atoms with Crippen molar-refractivity contribution in [3.05, 3.63) is 53.9 Å². The van der Waals surface area contributed by atoms with E-state index in [0.29, 0.717) is 25.0 Å². The highest BCUT2D eigenvalue weighted by Crippen LogP contribution is 2.49. The Morgan fingerprint density at radius 2 is 1.76 bits per heavy atom. The van der Waals surface area contributed by atoms with Crippen molar-refractivity contribution in [2.24, 2.45) is 10.9 Å². The molecule has 0 bridgehead atoms. The summed E-state index contributed by atoms with van der Waals surface area (Å²) >= 11 is 0. The summed E-state index contributed by atoms with van der Waals surface area (Å²) in [5, 5.41) is 0. The molecule has 7 nitrogen and oxygen atoms in total. The maximum absolute atomic E-state index is 13.8. The molecule has 34 heavy (non-hydrogen) atoms. The maximum atomic E-state index is 13.8. The van der Waals surface area contributed by atoms with Crippen LogP contribution in [-0.2, 0) is 12.1 Å². The monoisotopic (exact) mass is 460 g/mol. The summed E-state index contributed by atoms with van der Waals surface area (Å²) in [7, 11) is 4.38. The van der Waals surface area contributed by atoms with Crippen molar-refractivity contribution in [2.75, 3.05) is 32.1 Å². The Bertz CT molecular complexity index is 1010. The fraction of sp³-hybridized carbons (Fsp3) is 0.556. The molecule has 1 aromatic carbocycles. The second kappa shape index (κ2) is 9.10.